The van der Waals surface area contributed by atoms with Gasteiger partial charge in [0, 0.05) is 21.2 Å². The number of rotatable bonds is 4. The first kappa shape index (κ1) is 18.8. The van der Waals surface area contributed by atoms with Gasteiger partial charge in [0.1, 0.15) is 5.69 Å². The minimum absolute atomic E-state index is 0.00887. The lowest BCUT2D eigenvalue weighted by atomic mass is 10.0. The zero-order chi connectivity index (χ0) is 18.8. The second kappa shape index (κ2) is 7.74. The van der Waals surface area contributed by atoms with Crippen LogP contribution in [0.25, 0.3) is 22.4 Å². The molecule has 0 aliphatic rings. The summed E-state index contributed by atoms with van der Waals surface area (Å²) in [4.78, 5) is 15.1. The Balaban J connectivity index is 2.23. The van der Waals surface area contributed by atoms with E-state index in [0.29, 0.717) is 33.0 Å². The van der Waals surface area contributed by atoms with Gasteiger partial charge < -0.3 is 4.74 Å². The summed E-state index contributed by atoms with van der Waals surface area (Å²) in [6.07, 6.45) is 0.484. The van der Waals surface area contributed by atoms with Crippen LogP contribution in [0.2, 0.25) is 10.0 Å². The second-order valence-electron chi connectivity index (χ2n) is 5.30. The third-order valence-electron chi connectivity index (χ3n) is 3.78. The van der Waals surface area contributed by atoms with E-state index in [1.54, 1.807) is 18.2 Å². The van der Waals surface area contributed by atoms with Crippen molar-refractivity contribution >= 4 is 45.4 Å². The standard InChI is InChI=1S/C19H11BrCl2FNO2/c1-26-19-10(9-25)8-15(23)18(24-19)13-6-2-4-11(16(13)21)12-5-3-7-14(20)17(12)22/h2-9H,1H3. The topological polar surface area (TPSA) is 39.2 Å². The van der Waals surface area contributed by atoms with Crippen LogP contribution in [0.5, 0.6) is 5.88 Å². The number of methoxy groups -OCH3 is 1. The molecule has 0 saturated carbocycles. The van der Waals surface area contributed by atoms with E-state index >= 15 is 0 Å². The molecule has 0 saturated heterocycles. The van der Waals surface area contributed by atoms with Gasteiger partial charge in [0.25, 0.3) is 0 Å². The predicted molar refractivity (Wildman–Crippen MR) is 105 cm³/mol. The molecule has 7 heteroatoms. The van der Waals surface area contributed by atoms with E-state index in [0.717, 1.165) is 10.5 Å². The molecular formula is C19H11BrCl2FNO2. The predicted octanol–water partition coefficient (Wildman–Crippen LogP) is 6.45. The molecule has 0 radical (unpaired) electrons. The molecule has 0 atom stereocenters. The van der Waals surface area contributed by atoms with E-state index in [1.807, 2.05) is 18.2 Å². The van der Waals surface area contributed by atoms with E-state index < -0.39 is 5.82 Å². The zero-order valence-electron chi connectivity index (χ0n) is 13.4. The molecule has 26 heavy (non-hydrogen) atoms. The molecule has 0 unspecified atom stereocenters. The molecule has 0 aliphatic carbocycles. The van der Waals surface area contributed by atoms with Crippen molar-refractivity contribution in [3.63, 3.8) is 0 Å². The van der Waals surface area contributed by atoms with Crippen molar-refractivity contribution in [3.8, 4) is 28.3 Å². The maximum absolute atomic E-state index is 14.5. The number of nitrogens with zero attached hydrogens (tertiary/aromatic N) is 1. The van der Waals surface area contributed by atoms with Crippen molar-refractivity contribution < 1.29 is 13.9 Å². The third-order valence-corrected chi connectivity index (χ3v) is 5.49. The fraction of sp³-hybridized carbons (Fsp3) is 0.0526. The van der Waals surface area contributed by atoms with Gasteiger partial charge in [0.15, 0.2) is 12.1 Å². The molecule has 1 heterocycles. The number of halogens is 4. The van der Waals surface area contributed by atoms with Crippen LogP contribution in [-0.2, 0) is 0 Å². The average molecular weight is 455 g/mol. The van der Waals surface area contributed by atoms with E-state index in [-0.39, 0.29) is 17.1 Å². The Morgan fingerprint density at radius 3 is 2.35 bits per heavy atom. The maximum Gasteiger partial charge on any atom is 0.224 e. The molecule has 0 aliphatic heterocycles. The van der Waals surface area contributed by atoms with Crippen molar-refractivity contribution in [1.82, 2.24) is 4.98 Å². The van der Waals surface area contributed by atoms with Crippen LogP contribution < -0.4 is 4.74 Å². The first-order valence-corrected chi connectivity index (χ1v) is 8.95. The normalized spacial score (nSPS) is 10.7. The quantitative estimate of drug-likeness (QED) is 0.425. The van der Waals surface area contributed by atoms with Gasteiger partial charge in [0.2, 0.25) is 5.88 Å². The molecule has 3 nitrogen and oxygen atoms in total. The zero-order valence-corrected chi connectivity index (χ0v) is 16.5. The Labute approximate surface area is 167 Å². The highest BCUT2D eigenvalue weighted by Crippen LogP contribution is 2.41. The first-order valence-electron chi connectivity index (χ1n) is 7.41. The Morgan fingerprint density at radius 1 is 1.08 bits per heavy atom. The number of hydrogen-bond donors (Lipinski definition) is 0. The minimum atomic E-state index is -0.674. The molecule has 2 aromatic carbocycles. The Kier molecular flexibility index (Phi) is 5.61. The number of aromatic nitrogens is 1. The maximum atomic E-state index is 14.5. The lowest BCUT2D eigenvalue weighted by Gasteiger charge is -2.13. The lowest BCUT2D eigenvalue weighted by Crippen LogP contribution is -2.00. The smallest absolute Gasteiger partial charge is 0.224 e. The van der Waals surface area contributed by atoms with E-state index in [2.05, 4.69) is 20.9 Å². The van der Waals surface area contributed by atoms with Gasteiger partial charge in [-0.05, 0) is 28.1 Å². The number of carbonyl (C=O) groups is 1. The molecule has 1 aromatic heterocycles. The van der Waals surface area contributed by atoms with Gasteiger partial charge in [0.05, 0.1) is 22.7 Å². The summed E-state index contributed by atoms with van der Waals surface area (Å²) >= 11 is 16.3. The van der Waals surface area contributed by atoms with E-state index in [1.165, 1.54) is 7.11 Å². The number of hydrogen-bond acceptors (Lipinski definition) is 3. The fourth-order valence-electron chi connectivity index (χ4n) is 2.56. The van der Waals surface area contributed by atoms with Crippen molar-refractivity contribution in [2.45, 2.75) is 0 Å². The number of carbonyl (C=O) groups excluding carboxylic acids is 1. The van der Waals surface area contributed by atoms with E-state index in [4.69, 9.17) is 27.9 Å². The summed E-state index contributed by atoms with van der Waals surface area (Å²) in [5.41, 5.74) is 1.72. The van der Waals surface area contributed by atoms with Gasteiger partial charge in [-0.15, -0.1) is 0 Å². The summed E-state index contributed by atoms with van der Waals surface area (Å²) in [5, 5.41) is 0.786. The van der Waals surface area contributed by atoms with Crippen molar-refractivity contribution in [3.05, 3.63) is 68.4 Å². The molecule has 0 N–H and O–H groups in total. The summed E-state index contributed by atoms with van der Waals surface area (Å²) in [5.74, 6) is -0.648. The van der Waals surface area contributed by atoms with Crippen molar-refractivity contribution in [2.75, 3.05) is 7.11 Å². The largest absolute Gasteiger partial charge is 0.480 e. The molecule has 0 fully saturated rings. The third kappa shape index (κ3) is 3.34. The molecule has 0 bridgehead atoms. The second-order valence-corrected chi connectivity index (χ2v) is 6.91. The van der Waals surface area contributed by atoms with Gasteiger partial charge in [-0.3, -0.25) is 4.79 Å². The monoisotopic (exact) mass is 453 g/mol. The molecule has 3 aromatic rings. The summed E-state index contributed by atoms with van der Waals surface area (Å²) in [7, 11) is 1.36. The first-order chi connectivity index (χ1) is 12.5. The van der Waals surface area contributed by atoms with Gasteiger partial charge in [-0.25, -0.2) is 9.37 Å². The molecular weight excluding hydrogens is 444 g/mol. The number of pyridine rings is 1. The number of aldehydes is 1. The summed E-state index contributed by atoms with van der Waals surface area (Å²) < 4.78 is 20.3. The van der Waals surface area contributed by atoms with Crippen LogP contribution in [0, 0.1) is 5.82 Å². The fourth-order valence-corrected chi connectivity index (χ4v) is 3.47. The van der Waals surface area contributed by atoms with Crippen LogP contribution in [0.1, 0.15) is 10.4 Å². The van der Waals surface area contributed by atoms with Crippen LogP contribution in [0.4, 0.5) is 4.39 Å². The Bertz CT molecular complexity index is 1010. The lowest BCUT2D eigenvalue weighted by molar-refractivity contribution is 0.111. The SMILES string of the molecule is COc1nc(-c2cccc(-c3cccc(Br)c3Cl)c2Cl)c(F)cc1C=O. The van der Waals surface area contributed by atoms with Gasteiger partial charge in [-0.2, -0.15) is 0 Å². The Morgan fingerprint density at radius 2 is 1.69 bits per heavy atom. The highest BCUT2D eigenvalue weighted by molar-refractivity contribution is 9.10. The highest BCUT2D eigenvalue weighted by atomic mass is 79.9. The van der Waals surface area contributed by atoms with E-state index in [9.17, 15) is 9.18 Å². The van der Waals surface area contributed by atoms with Crippen LogP contribution in [0.3, 0.4) is 0 Å². The molecule has 0 spiro atoms. The number of ether oxygens (including phenoxy) is 1. The van der Waals surface area contributed by atoms with Crippen molar-refractivity contribution in [1.29, 1.82) is 0 Å². The van der Waals surface area contributed by atoms with Crippen LogP contribution in [-0.4, -0.2) is 18.4 Å². The molecule has 132 valence electrons. The van der Waals surface area contributed by atoms with Crippen LogP contribution >= 0.6 is 39.1 Å². The number of benzene rings is 2. The Hall–Kier alpha value is -1.95. The van der Waals surface area contributed by atoms with Gasteiger partial charge in [-0.1, -0.05) is 53.5 Å². The average Bonchev–Trinajstić information content (AvgIpc) is 2.64. The molecule has 3 rings (SSSR count). The molecule has 0 amide bonds. The van der Waals surface area contributed by atoms with Crippen LogP contribution in [0.15, 0.2) is 46.9 Å². The van der Waals surface area contributed by atoms with Crippen molar-refractivity contribution in [2.24, 2.45) is 0 Å². The summed E-state index contributed by atoms with van der Waals surface area (Å²) in [6, 6.07) is 11.7. The van der Waals surface area contributed by atoms with Gasteiger partial charge >= 0.3 is 0 Å². The highest BCUT2D eigenvalue weighted by Gasteiger charge is 2.19. The summed E-state index contributed by atoms with van der Waals surface area (Å²) in [6.45, 7) is 0. The minimum Gasteiger partial charge on any atom is -0.480 e.